The highest BCUT2D eigenvalue weighted by atomic mass is 35.5. The van der Waals surface area contributed by atoms with E-state index in [9.17, 15) is 14.9 Å². The second-order valence-electron chi connectivity index (χ2n) is 3.67. The monoisotopic (exact) mass is 281 g/mol. The molecule has 19 heavy (non-hydrogen) atoms. The van der Waals surface area contributed by atoms with Gasteiger partial charge in [-0.15, -0.1) is 0 Å². The zero-order chi connectivity index (χ0) is 14.0. The number of rotatable bonds is 3. The van der Waals surface area contributed by atoms with E-state index >= 15 is 0 Å². The van der Waals surface area contributed by atoms with Crippen LogP contribution in [0.5, 0.6) is 0 Å². The van der Waals surface area contributed by atoms with Crippen molar-refractivity contribution in [3.05, 3.63) is 50.9 Å². The summed E-state index contributed by atoms with van der Waals surface area (Å²) in [5.74, 6) is -0.568. The Hall–Kier alpha value is -2.41. The van der Waals surface area contributed by atoms with Crippen molar-refractivity contribution in [3.8, 4) is 0 Å². The van der Waals surface area contributed by atoms with Crippen molar-refractivity contribution in [3.63, 3.8) is 0 Å². The molecular weight excluding hydrogens is 274 g/mol. The van der Waals surface area contributed by atoms with E-state index in [-0.39, 0.29) is 22.3 Å². The minimum Gasteiger partial charge on any atom is -0.432 e. The fourth-order valence-electron chi connectivity index (χ4n) is 1.37. The number of aromatic nitrogens is 1. The Kier molecular flexibility index (Phi) is 3.48. The third-order valence-electron chi connectivity index (χ3n) is 2.24. The van der Waals surface area contributed by atoms with Crippen LogP contribution in [0, 0.1) is 17.0 Å². The van der Waals surface area contributed by atoms with Gasteiger partial charge in [-0.2, -0.15) is 4.98 Å². The summed E-state index contributed by atoms with van der Waals surface area (Å²) in [7, 11) is 0. The van der Waals surface area contributed by atoms with Crippen molar-refractivity contribution >= 4 is 29.2 Å². The minimum absolute atomic E-state index is 0.0279. The summed E-state index contributed by atoms with van der Waals surface area (Å²) in [5, 5.41) is 13.1. The quantitative estimate of drug-likeness (QED) is 0.689. The molecule has 2 rings (SSSR count). The smallest absolute Gasteiger partial charge is 0.301 e. The Labute approximate surface area is 112 Å². The lowest BCUT2D eigenvalue weighted by Gasteiger charge is -2.01. The van der Waals surface area contributed by atoms with E-state index in [1.165, 1.54) is 18.4 Å². The summed E-state index contributed by atoms with van der Waals surface area (Å²) in [6.45, 7) is 1.70. The van der Waals surface area contributed by atoms with Crippen molar-refractivity contribution in [1.29, 1.82) is 0 Å². The third-order valence-corrected chi connectivity index (χ3v) is 2.56. The van der Waals surface area contributed by atoms with E-state index in [0.717, 1.165) is 6.07 Å². The molecule has 0 fully saturated rings. The maximum absolute atomic E-state index is 11.8. The second-order valence-corrected chi connectivity index (χ2v) is 4.08. The molecule has 1 heterocycles. The van der Waals surface area contributed by atoms with Gasteiger partial charge in [0.2, 0.25) is 0 Å². The first kappa shape index (κ1) is 13.0. The number of hydrogen-bond acceptors (Lipinski definition) is 5. The fourth-order valence-corrected chi connectivity index (χ4v) is 1.56. The van der Waals surface area contributed by atoms with Gasteiger partial charge >= 0.3 is 6.01 Å². The van der Waals surface area contributed by atoms with Crippen LogP contribution in [-0.2, 0) is 0 Å². The Balaban J connectivity index is 2.24. The fraction of sp³-hybridized carbons (Fsp3) is 0.0909. The highest BCUT2D eigenvalue weighted by molar-refractivity contribution is 6.32. The normalized spacial score (nSPS) is 10.2. The molecule has 0 unspecified atom stereocenters. The number of amides is 1. The lowest BCUT2D eigenvalue weighted by Crippen LogP contribution is -2.12. The van der Waals surface area contributed by atoms with Crippen molar-refractivity contribution in [1.82, 2.24) is 4.98 Å². The lowest BCUT2D eigenvalue weighted by atomic mass is 10.2. The summed E-state index contributed by atoms with van der Waals surface area (Å²) in [6.07, 6.45) is 1.37. The molecule has 0 atom stereocenters. The van der Waals surface area contributed by atoms with Crippen LogP contribution in [0.2, 0.25) is 5.02 Å². The van der Waals surface area contributed by atoms with Crippen LogP contribution in [0.15, 0.2) is 28.9 Å². The lowest BCUT2D eigenvalue weighted by molar-refractivity contribution is -0.384. The average molecular weight is 282 g/mol. The molecule has 1 aromatic heterocycles. The topological polar surface area (TPSA) is 98.3 Å². The highest BCUT2D eigenvalue weighted by Crippen LogP contribution is 2.25. The number of halogens is 1. The van der Waals surface area contributed by atoms with E-state index in [4.69, 9.17) is 16.0 Å². The molecule has 0 saturated heterocycles. The number of nitrogens with zero attached hydrogens (tertiary/aromatic N) is 2. The predicted molar refractivity (Wildman–Crippen MR) is 67.3 cm³/mol. The number of nitro groups is 1. The summed E-state index contributed by atoms with van der Waals surface area (Å²) < 4.78 is 4.95. The Morgan fingerprint density at radius 1 is 1.53 bits per heavy atom. The van der Waals surface area contributed by atoms with Gasteiger partial charge in [0.25, 0.3) is 11.6 Å². The highest BCUT2D eigenvalue weighted by Gasteiger charge is 2.17. The number of anilines is 1. The molecule has 0 spiro atoms. The standard InChI is InChI=1S/C11H8ClN3O4/c1-6-5-19-11(13-6)14-10(16)7-2-3-8(12)9(4-7)15(17)18/h2-5H,1H3,(H,13,14,16). The number of benzene rings is 1. The molecule has 98 valence electrons. The number of oxazole rings is 1. The maximum Gasteiger partial charge on any atom is 0.301 e. The predicted octanol–water partition coefficient (Wildman–Crippen LogP) is 2.80. The summed E-state index contributed by atoms with van der Waals surface area (Å²) in [6, 6.07) is 3.78. The summed E-state index contributed by atoms with van der Waals surface area (Å²) in [5.41, 5.74) is 0.363. The van der Waals surface area contributed by atoms with Crippen LogP contribution >= 0.6 is 11.6 Å². The number of carbonyl (C=O) groups is 1. The van der Waals surface area contributed by atoms with Gasteiger partial charge in [-0.25, -0.2) is 0 Å². The molecule has 2 aromatic rings. The molecule has 0 aliphatic rings. The van der Waals surface area contributed by atoms with Gasteiger partial charge in [-0.3, -0.25) is 20.2 Å². The first-order valence-electron chi connectivity index (χ1n) is 5.15. The molecule has 8 heteroatoms. The number of nitrogens with one attached hydrogen (secondary N) is 1. The molecule has 1 aromatic carbocycles. The Morgan fingerprint density at radius 3 is 2.84 bits per heavy atom. The number of aryl methyl sites for hydroxylation is 1. The molecule has 0 aliphatic heterocycles. The molecule has 1 amide bonds. The van der Waals surface area contributed by atoms with E-state index < -0.39 is 10.8 Å². The molecular formula is C11H8ClN3O4. The van der Waals surface area contributed by atoms with E-state index in [1.54, 1.807) is 6.92 Å². The first-order chi connectivity index (χ1) is 8.97. The van der Waals surface area contributed by atoms with Crippen LogP contribution < -0.4 is 5.32 Å². The van der Waals surface area contributed by atoms with Gasteiger partial charge in [-0.1, -0.05) is 11.6 Å². The maximum atomic E-state index is 11.8. The van der Waals surface area contributed by atoms with Crippen LogP contribution in [0.3, 0.4) is 0 Å². The molecule has 0 radical (unpaired) electrons. The minimum atomic E-state index is -0.658. The number of hydrogen-bond donors (Lipinski definition) is 1. The van der Waals surface area contributed by atoms with E-state index in [1.807, 2.05) is 0 Å². The summed E-state index contributed by atoms with van der Waals surface area (Å²) >= 11 is 5.66. The van der Waals surface area contributed by atoms with Crippen molar-refractivity contribution in [2.24, 2.45) is 0 Å². The third kappa shape index (κ3) is 2.89. The van der Waals surface area contributed by atoms with Gasteiger partial charge in [0.05, 0.1) is 10.6 Å². The molecule has 0 aliphatic carbocycles. The molecule has 1 N–H and O–H groups in total. The van der Waals surface area contributed by atoms with E-state index in [0.29, 0.717) is 5.69 Å². The second kappa shape index (κ2) is 5.07. The van der Waals surface area contributed by atoms with Crippen LogP contribution in [0.1, 0.15) is 16.1 Å². The molecule has 0 bridgehead atoms. The van der Waals surface area contributed by atoms with Gasteiger partial charge in [0.15, 0.2) is 0 Å². The Bertz CT molecular complexity index is 653. The number of nitro benzene ring substituents is 1. The van der Waals surface area contributed by atoms with E-state index in [2.05, 4.69) is 10.3 Å². The van der Waals surface area contributed by atoms with Gasteiger partial charge < -0.3 is 4.42 Å². The van der Waals surface area contributed by atoms with Crippen molar-refractivity contribution in [2.45, 2.75) is 6.92 Å². The van der Waals surface area contributed by atoms with Crippen LogP contribution in [0.4, 0.5) is 11.7 Å². The van der Waals surface area contributed by atoms with Crippen molar-refractivity contribution < 1.29 is 14.1 Å². The molecule has 0 saturated carbocycles. The van der Waals surface area contributed by atoms with Crippen molar-refractivity contribution in [2.75, 3.05) is 5.32 Å². The first-order valence-corrected chi connectivity index (χ1v) is 5.52. The average Bonchev–Trinajstić information content (AvgIpc) is 2.74. The zero-order valence-electron chi connectivity index (χ0n) is 9.71. The van der Waals surface area contributed by atoms with Gasteiger partial charge in [0, 0.05) is 11.6 Å². The zero-order valence-corrected chi connectivity index (χ0v) is 10.5. The Morgan fingerprint density at radius 2 is 2.26 bits per heavy atom. The molecule has 7 nitrogen and oxygen atoms in total. The van der Waals surface area contributed by atoms with Gasteiger partial charge in [0.1, 0.15) is 11.3 Å². The van der Waals surface area contributed by atoms with Crippen LogP contribution in [0.25, 0.3) is 0 Å². The van der Waals surface area contributed by atoms with Crippen LogP contribution in [-0.4, -0.2) is 15.8 Å². The summed E-state index contributed by atoms with van der Waals surface area (Å²) in [4.78, 5) is 25.8. The van der Waals surface area contributed by atoms with Gasteiger partial charge in [-0.05, 0) is 19.1 Å². The number of carbonyl (C=O) groups excluding carboxylic acids is 1. The SMILES string of the molecule is Cc1coc(NC(=O)c2ccc(Cl)c([N+](=O)[O-])c2)n1. The largest absolute Gasteiger partial charge is 0.432 e.